The van der Waals surface area contributed by atoms with Gasteiger partial charge in [0, 0.05) is 19.1 Å². The Balaban J connectivity index is 2.17. The zero-order valence-electron chi connectivity index (χ0n) is 12.9. The van der Waals surface area contributed by atoms with E-state index in [2.05, 4.69) is 28.7 Å². The van der Waals surface area contributed by atoms with Gasteiger partial charge >= 0.3 is 0 Å². The van der Waals surface area contributed by atoms with E-state index in [9.17, 15) is 5.11 Å². The first-order valence-electron chi connectivity index (χ1n) is 7.05. The van der Waals surface area contributed by atoms with Crippen molar-refractivity contribution in [1.29, 1.82) is 0 Å². The molecule has 1 aliphatic rings. The van der Waals surface area contributed by atoms with Gasteiger partial charge in [0.15, 0.2) is 0 Å². The van der Waals surface area contributed by atoms with Gasteiger partial charge < -0.3 is 19.3 Å². The summed E-state index contributed by atoms with van der Waals surface area (Å²) in [6.45, 7) is 6.36. The van der Waals surface area contributed by atoms with Crippen LogP contribution in [0.15, 0.2) is 6.20 Å². The fourth-order valence-corrected chi connectivity index (χ4v) is 2.35. The molecule has 0 amide bonds. The highest BCUT2D eigenvalue weighted by molar-refractivity contribution is 5.25. The van der Waals surface area contributed by atoms with E-state index in [1.807, 2.05) is 0 Å². The average molecular weight is 297 g/mol. The van der Waals surface area contributed by atoms with E-state index in [0.717, 1.165) is 6.54 Å². The molecule has 0 aromatic carbocycles. The maximum Gasteiger partial charge on any atom is 0.241 e. The normalized spacial score (nSPS) is 21.3. The summed E-state index contributed by atoms with van der Waals surface area (Å²) in [6.07, 6.45) is 0.224. The summed E-state index contributed by atoms with van der Waals surface area (Å²) in [5.74, 6) is 0.600. The maximum absolute atomic E-state index is 10.5. The number of aliphatic hydroxyl groups excluding tert-OH is 1. The standard InChI is InChI=1S/C14H23N3O4/c1-9(2)17-5-6-21-10(8-17)13(18)12-14(20-4)16-11(19-3)7-15-12/h7,9-10,13,18H,5-6,8H2,1-4H3. The molecule has 7 heteroatoms. The van der Waals surface area contributed by atoms with Crippen LogP contribution in [0.2, 0.25) is 0 Å². The summed E-state index contributed by atoms with van der Waals surface area (Å²) < 4.78 is 15.9. The number of aliphatic hydroxyl groups is 1. The molecule has 1 aliphatic heterocycles. The van der Waals surface area contributed by atoms with Crippen molar-refractivity contribution in [2.75, 3.05) is 33.9 Å². The van der Waals surface area contributed by atoms with Crippen molar-refractivity contribution >= 4 is 0 Å². The van der Waals surface area contributed by atoms with Crippen molar-refractivity contribution in [2.45, 2.75) is 32.1 Å². The molecule has 0 saturated carbocycles. The minimum Gasteiger partial charge on any atom is -0.480 e. The molecular formula is C14H23N3O4. The van der Waals surface area contributed by atoms with E-state index in [-0.39, 0.29) is 12.0 Å². The van der Waals surface area contributed by atoms with E-state index >= 15 is 0 Å². The van der Waals surface area contributed by atoms with Crippen molar-refractivity contribution in [3.05, 3.63) is 11.9 Å². The zero-order chi connectivity index (χ0) is 15.4. The third kappa shape index (κ3) is 3.61. The Morgan fingerprint density at radius 1 is 1.38 bits per heavy atom. The molecule has 1 aromatic rings. The van der Waals surface area contributed by atoms with Crippen LogP contribution < -0.4 is 9.47 Å². The van der Waals surface area contributed by atoms with Gasteiger partial charge in [-0.2, -0.15) is 4.98 Å². The largest absolute Gasteiger partial charge is 0.480 e. The molecule has 21 heavy (non-hydrogen) atoms. The van der Waals surface area contributed by atoms with E-state index in [4.69, 9.17) is 14.2 Å². The van der Waals surface area contributed by atoms with Gasteiger partial charge in [0.05, 0.1) is 27.0 Å². The Kier molecular flexibility index (Phi) is 5.33. The van der Waals surface area contributed by atoms with E-state index < -0.39 is 6.10 Å². The van der Waals surface area contributed by atoms with Gasteiger partial charge in [-0.05, 0) is 13.8 Å². The maximum atomic E-state index is 10.5. The van der Waals surface area contributed by atoms with Crippen LogP contribution in [0.4, 0.5) is 0 Å². The van der Waals surface area contributed by atoms with Gasteiger partial charge in [-0.3, -0.25) is 4.90 Å². The third-order valence-electron chi connectivity index (χ3n) is 3.63. The molecule has 7 nitrogen and oxygen atoms in total. The zero-order valence-corrected chi connectivity index (χ0v) is 12.9. The van der Waals surface area contributed by atoms with Crippen molar-refractivity contribution in [2.24, 2.45) is 0 Å². The SMILES string of the molecule is COc1cnc(C(O)C2CN(C(C)C)CCO2)c(OC)n1. The second-order valence-electron chi connectivity index (χ2n) is 5.25. The van der Waals surface area contributed by atoms with Gasteiger partial charge in [0.1, 0.15) is 17.9 Å². The summed E-state index contributed by atoms with van der Waals surface area (Å²) in [7, 11) is 2.99. The fraction of sp³-hybridized carbons (Fsp3) is 0.714. The number of morpholine rings is 1. The van der Waals surface area contributed by atoms with E-state index in [1.165, 1.54) is 20.4 Å². The molecular weight excluding hydrogens is 274 g/mol. The predicted octanol–water partition coefficient (Wildman–Crippen LogP) is 0.636. The highest BCUT2D eigenvalue weighted by Gasteiger charge is 2.32. The Hall–Kier alpha value is -1.44. The molecule has 1 N–H and O–H groups in total. The molecule has 2 atom stereocenters. The quantitative estimate of drug-likeness (QED) is 0.854. The lowest BCUT2D eigenvalue weighted by atomic mass is 10.1. The minimum atomic E-state index is -0.889. The highest BCUT2D eigenvalue weighted by atomic mass is 16.5. The summed E-state index contributed by atoms with van der Waals surface area (Å²) in [4.78, 5) is 10.6. The first kappa shape index (κ1) is 15.9. The Morgan fingerprint density at radius 3 is 2.76 bits per heavy atom. The molecule has 0 aliphatic carbocycles. The molecule has 2 rings (SSSR count). The number of hydrogen-bond donors (Lipinski definition) is 1. The summed E-state index contributed by atoms with van der Waals surface area (Å²) in [5, 5.41) is 10.5. The van der Waals surface area contributed by atoms with Crippen molar-refractivity contribution in [1.82, 2.24) is 14.9 Å². The summed E-state index contributed by atoms with van der Waals surface area (Å²) in [5.41, 5.74) is 0.369. The van der Waals surface area contributed by atoms with Crippen LogP contribution in [0.1, 0.15) is 25.6 Å². The van der Waals surface area contributed by atoms with Crippen LogP contribution in [0.5, 0.6) is 11.8 Å². The molecule has 1 fully saturated rings. The molecule has 0 spiro atoms. The average Bonchev–Trinajstić information content (AvgIpc) is 2.53. The van der Waals surface area contributed by atoms with Crippen LogP contribution >= 0.6 is 0 Å². The first-order chi connectivity index (χ1) is 10.1. The molecule has 118 valence electrons. The Morgan fingerprint density at radius 2 is 2.14 bits per heavy atom. The second-order valence-corrected chi connectivity index (χ2v) is 5.25. The highest BCUT2D eigenvalue weighted by Crippen LogP contribution is 2.28. The van der Waals surface area contributed by atoms with Gasteiger partial charge in [-0.1, -0.05) is 0 Å². The van der Waals surface area contributed by atoms with Crippen LogP contribution in [-0.4, -0.2) is 66.0 Å². The smallest absolute Gasteiger partial charge is 0.241 e. The number of aromatic nitrogens is 2. The second kappa shape index (κ2) is 7.02. The summed E-state index contributed by atoms with van der Waals surface area (Å²) >= 11 is 0. The number of methoxy groups -OCH3 is 2. The van der Waals surface area contributed by atoms with E-state index in [0.29, 0.717) is 30.8 Å². The lowest BCUT2D eigenvalue weighted by Gasteiger charge is -2.37. The van der Waals surface area contributed by atoms with Crippen LogP contribution in [-0.2, 0) is 4.74 Å². The Bertz CT molecular complexity index is 470. The van der Waals surface area contributed by atoms with Crippen molar-refractivity contribution in [3.8, 4) is 11.8 Å². The van der Waals surface area contributed by atoms with Gasteiger partial charge in [0.25, 0.3) is 0 Å². The topological polar surface area (TPSA) is 76.9 Å². The monoisotopic (exact) mass is 297 g/mol. The number of nitrogens with zero attached hydrogens (tertiary/aromatic N) is 3. The number of hydrogen-bond acceptors (Lipinski definition) is 7. The first-order valence-corrected chi connectivity index (χ1v) is 7.05. The van der Waals surface area contributed by atoms with Crippen LogP contribution in [0, 0.1) is 0 Å². The van der Waals surface area contributed by atoms with Gasteiger partial charge in [0.2, 0.25) is 11.8 Å². The molecule has 2 unspecified atom stereocenters. The third-order valence-corrected chi connectivity index (χ3v) is 3.63. The van der Waals surface area contributed by atoms with Crippen LogP contribution in [0.3, 0.4) is 0 Å². The lowest BCUT2D eigenvalue weighted by molar-refractivity contribution is -0.0979. The fourth-order valence-electron chi connectivity index (χ4n) is 2.35. The van der Waals surface area contributed by atoms with Crippen molar-refractivity contribution < 1.29 is 19.3 Å². The van der Waals surface area contributed by atoms with E-state index in [1.54, 1.807) is 0 Å². The number of ether oxygens (including phenoxy) is 3. The molecule has 2 heterocycles. The van der Waals surface area contributed by atoms with Gasteiger partial charge in [-0.15, -0.1) is 0 Å². The minimum absolute atomic E-state index is 0.257. The van der Waals surface area contributed by atoms with Crippen LogP contribution in [0.25, 0.3) is 0 Å². The molecule has 0 radical (unpaired) electrons. The molecule has 1 aromatic heterocycles. The van der Waals surface area contributed by atoms with Gasteiger partial charge in [-0.25, -0.2) is 4.98 Å². The lowest BCUT2D eigenvalue weighted by Crippen LogP contribution is -2.48. The number of rotatable bonds is 5. The van der Waals surface area contributed by atoms with Crippen molar-refractivity contribution in [3.63, 3.8) is 0 Å². The Labute approximate surface area is 124 Å². The summed E-state index contributed by atoms with van der Waals surface area (Å²) in [6, 6.07) is 0.410. The molecule has 1 saturated heterocycles. The predicted molar refractivity (Wildman–Crippen MR) is 76.5 cm³/mol. The molecule has 0 bridgehead atoms.